The molecule has 6 heteroatoms. The van der Waals surface area contributed by atoms with Crippen LogP contribution in [0.15, 0.2) is 30.3 Å². The van der Waals surface area contributed by atoms with Crippen molar-refractivity contribution in [2.45, 2.75) is 0 Å². The zero-order chi connectivity index (χ0) is 11.4. The molecular weight excluding hydrogens is 228 g/mol. The highest BCUT2D eigenvalue weighted by Crippen LogP contribution is 2.14. The lowest BCUT2D eigenvalue weighted by Crippen LogP contribution is -2.47. The van der Waals surface area contributed by atoms with Gasteiger partial charge in [0.1, 0.15) is 5.75 Å². The number of para-hydroxylation sites is 1. The first-order valence-corrected chi connectivity index (χ1v) is 6.50. The molecule has 88 valence electrons. The first-order valence-electron chi connectivity index (χ1n) is 5.14. The Balaban J connectivity index is 2.08. The number of nitrogens with one attached hydrogen (secondary N) is 1. The molecule has 1 aromatic carbocycles. The van der Waals surface area contributed by atoms with Gasteiger partial charge in [-0.05, 0) is 12.1 Å². The van der Waals surface area contributed by atoms with Gasteiger partial charge in [0.25, 0.3) is 0 Å². The van der Waals surface area contributed by atoms with Crippen molar-refractivity contribution in [3.63, 3.8) is 0 Å². The predicted octanol–water partition coefficient (Wildman–Crippen LogP) is 0.215. The fourth-order valence-electron chi connectivity index (χ4n) is 1.52. The van der Waals surface area contributed by atoms with E-state index in [1.807, 2.05) is 6.07 Å². The first-order chi connectivity index (χ1) is 7.68. The molecule has 1 aromatic rings. The minimum Gasteiger partial charge on any atom is -0.371 e. The number of nitrogens with zero attached hydrogens (tertiary/aromatic N) is 1. The van der Waals surface area contributed by atoms with Crippen LogP contribution in [0.3, 0.4) is 0 Å². The normalized spacial score (nSPS) is 18.2. The van der Waals surface area contributed by atoms with Gasteiger partial charge in [0.15, 0.2) is 0 Å². The number of benzene rings is 1. The Bertz CT molecular complexity index is 427. The van der Waals surface area contributed by atoms with Crippen LogP contribution in [0.1, 0.15) is 0 Å². The van der Waals surface area contributed by atoms with Gasteiger partial charge in [-0.3, -0.25) is 0 Å². The number of piperazine rings is 1. The van der Waals surface area contributed by atoms with Crippen molar-refractivity contribution in [2.75, 3.05) is 26.2 Å². The summed E-state index contributed by atoms with van der Waals surface area (Å²) >= 11 is 0. The zero-order valence-electron chi connectivity index (χ0n) is 8.80. The molecule has 1 heterocycles. The van der Waals surface area contributed by atoms with Crippen molar-refractivity contribution in [2.24, 2.45) is 0 Å². The topological polar surface area (TPSA) is 58.6 Å². The van der Waals surface area contributed by atoms with Crippen molar-refractivity contribution >= 4 is 10.3 Å². The molecule has 2 rings (SSSR count). The third kappa shape index (κ3) is 2.72. The summed E-state index contributed by atoms with van der Waals surface area (Å²) in [5.74, 6) is 0.348. The van der Waals surface area contributed by atoms with Crippen LogP contribution in [0.2, 0.25) is 0 Å². The van der Waals surface area contributed by atoms with Gasteiger partial charge < -0.3 is 9.50 Å². The Labute approximate surface area is 95.3 Å². The van der Waals surface area contributed by atoms with Crippen LogP contribution in [0, 0.1) is 0 Å². The van der Waals surface area contributed by atoms with E-state index in [0.717, 1.165) is 0 Å². The smallest absolute Gasteiger partial charge is 0.371 e. The predicted molar refractivity (Wildman–Crippen MR) is 60.4 cm³/mol. The highest BCUT2D eigenvalue weighted by Gasteiger charge is 2.25. The van der Waals surface area contributed by atoms with E-state index in [2.05, 4.69) is 5.32 Å². The summed E-state index contributed by atoms with van der Waals surface area (Å²) in [7, 11) is -3.64. The van der Waals surface area contributed by atoms with Crippen molar-refractivity contribution in [1.29, 1.82) is 0 Å². The first kappa shape index (κ1) is 11.4. The second-order valence-corrected chi connectivity index (χ2v) is 5.04. The molecule has 0 aliphatic carbocycles. The lowest BCUT2D eigenvalue weighted by molar-refractivity contribution is 0.323. The molecule has 0 aromatic heterocycles. The lowest BCUT2D eigenvalue weighted by atomic mass is 10.3. The Morgan fingerprint density at radius 2 is 1.75 bits per heavy atom. The van der Waals surface area contributed by atoms with Crippen LogP contribution in [0.4, 0.5) is 0 Å². The maximum atomic E-state index is 11.8. The average molecular weight is 242 g/mol. The van der Waals surface area contributed by atoms with E-state index < -0.39 is 10.3 Å². The Kier molecular flexibility index (Phi) is 3.42. The number of hydrogen-bond donors (Lipinski definition) is 1. The van der Waals surface area contributed by atoms with Crippen LogP contribution in [-0.2, 0) is 10.3 Å². The van der Waals surface area contributed by atoms with Crippen LogP contribution < -0.4 is 9.50 Å². The largest absolute Gasteiger partial charge is 0.385 e. The van der Waals surface area contributed by atoms with Gasteiger partial charge in [0, 0.05) is 26.2 Å². The van der Waals surface area contributed by atoms with Gasteiger partial charge in [-0.15, -0.1) is 0 Å². The van der Waals surface area contributed by atoms with Crippen LogP contribution in [0.5, 0.6) is 5.75 Å². The van der Waals surface area contributed by atoms with Gasteiger partial charge in [0.2, 0.25) is 0 Å². The van der Waals surface area contributed by atoms with E-state index in [-0.39, 0.29) is 0 Å². The molecule has 1 N–H and O–H groups in total. The molecule has 0 radical (unpaired) electrons. The zero-order valence-corrected chi connectivity index (χ0v) is 9.61. The average Bonchev–Trinajstić information content (AvgIpc) is 2.31. The Morgan fingerprint density at radius 1 is 1.12 bits per heavy atom. The Morgan fingerprint density at radius 3 is 2.38 bits per heavy atom. The molecule has 16 heavy (non-hydrogen) atoms. The van der Waals surface area contributed by atoms with Crippen LogP contribution >= 0.6 is 0 Å². The molecule has 1 aliphatic rings. The molecule has 0 unspecified atom stereocenters. The summed E-state index contributed by atoms with van der Waals surface area (Å²) in [6.45, 7) is 2.24. The van der Waals surface area contributed by atoms with Crippen molar-refractivity contribution in [3.05, 3.63) is 30.3 Å². The third-order valence-corrected chi connectivity index (χ3v) is 3.74. The number of hydrogen-bond acceptors (Lipinski definition) is 4. The summed E-state index contributed by atoms with van der Waals surface area (Å²) in [6.07, 6.45) is 0. The minimum absolute atomic E-state index is 0.348. The Hall–Kier alpha value is -1.11. The second-order valence-electron chi connectivity index (χ2n) is 3.50. The maximum Gasteiger partial charge on any atom is 0.385 e. The van der Waals surface area contributed by atoms with E-state index in [1.165, 1.54) is 4.31 Å². The van der Waals surface area contributed by atoms with Gasteiger partial charge in [-0.25, -0.2) is 0 Å². The lowest BCUT2D eigenvalue weighted by Gasteiger charge is -2.25. The third-order valence-electron chi connectivity index (χ3n) is 2.34. The minimum atomic E-state index is -3.64. The van der Waals surface area contributed by atoms with Crippen molar-refractivity contribution < 1.29 is 12.6 Å². The molecule has 0 saturated carbocycles. The molecule has 0 atom stereocenters. The maximum absolute atomic E-state index is 11.8. The van der Waals surface area contributed by atoms with E-state index in [1.54, 1.807) is 24.3 Å². The highest BCUT2D eigenvalue weighted by atomic mass is 32.2. The van der Waals surface area contributed by atoms with Crippen LogP contribution in [0.25, 0.3) is 0 Å². The summed E-state index contributed by atoms with van der Waals surface area (Å²) in [6, 6.07) is 8.54. The molecule has 0 amide bonds. The monoisotopic (exact) mass is 242 g/mol. The van der Waals surface area contributed by atoms with Gasteiger partial charge in [0.05, 0.1) is 0 Å². The van der Waals surface area contributed by atoms with Crippen molar-refractivity contribution in [3.8, 4) is 5.75 Å². The molecular formula is C10H14N2O3S. The summed E-state index contributed by atoms with van der Waals surface area (Å²) in [5, 5.41) is 3.09. The molecule has 0 spiro atoms. The van der Waals surface area contributed by atoms with Crippen LogP contribution in [-0.4, -0.2) is 38.9 Å². The summed E-state index contributed by atoms with van der Waals surface area (Å²) in [4.78, 5) is 0. The molecule has 0 bridgehead atoms. The second kappa shape index (κ2) is 4.82. The van der Waals surface area contributed by atoms with Gasteiger partial charge >= 0.3 is 10.3 Å². The molecule has 5 nitrogen and oxygen atoms in total. The van der Waals surface area contributed by atoms with Crippen molar-refractivity contribution in [1.82, 2.24) is 9.62 Å². The molecule has 1 aliphatic heterocycles. The molecule has 1 saturated heterocycles. The van der Waals surface area contributed by atoms with E-state index in [9.17, 15) is 8.42 Å². The quantitative estimate of drug-likeness (QED) is 0.823. The van der Waals surface area contributed by atoms with E-state index >= 15 is 0 Å². The fourth-order valence-corrected chi connectivity index (χ4v) is 2.61. The number of rotatable bonds is 3. The highest BCUT2D eigenvalue weighted by molar-refractivity contribution is 7.84. The molecule has 1 fully saturated rings. The van der Waals surface area contributed by atoms with E-state index in [4.69, 9.17) is 4.18 Å². The summed E-state index contributed by atoms with van der Waals surface area (Å²) < 4.78 is 30.0. The fraction of sp³-hybridized carbons (Fsp3) is 0.400. The summed E-state index contributed by atoms with van der Waals surface area (Å²) in [5.41, 5.74) is 0. The van der Waals surface area contributed by atoms with Gasteiger partial charge in [-0.1, -0.05) is 18.2 Å². The standard InChI is InChI=1S/C10H14N2O3S/c13-16(14,12-8-6-11-7-9-12)15-10-4-2-1-3-5-10/h1-5,11H,6-9H2. The SMILES string of the molecule is O=S(=O)(Oc1ccccc1)N1CCNCC1. The van der Waals surface area contributed by atoms with E-state index in [0.29, 0.717) is 31.9 Å². The van der Waals surface area contributed by atoms with Gasteiger partial charge in [-0.2, -0.15) is 12.7 Å².